The lowest BCUT2D eigenvalue weighted by Crippen LogP contribution is -2.40. The molecule has 1 aliphatic heterocycles. The molecule has 9 nitrogen and oxygen atoms in total. The number of carbonyl (C=O) groups is 1. The number of hydrogen-bond acceptors (Lipinski definition) is 8. The number of amides is 1. The number of hydrogen-bond donors (Lipinski definition) is 2. The minimum atomic E-state index is -0.624. The van der Waals surface area contributed by atoms with E-state index in [1.54, 1.807) is 31.7 Å². The largest absolute Gasteiger partial charge is 0.444 e. The molecule has 1 aromatic heterocycles. The number of ether oxygens (including phenoxy) is 1. The summed E-state index contributed by atoms with van der Waals surface area (Å²) < 4.78 is 6.14. The summed E-state index contributed by atoms with van der Waals surface area (Å²) in [5.74, 6) is 0. The number of aliphatic hydroxyl groups excluding tert-OH is 1. The van der Waals surface area contributed by atoms with Crippen molar-refractivity contribution in [1.29, 1.82) is 0 Å². The Labute approximate surface area is 166 Å². The number of nitrogens with zero attached hydrogens (tertiary/aromatic N) is 3. The Morgan fingerprint density at radius 2 is 2.21 bits per heavy atom. The molecule has 0 bridgehead atoms. The molecular formula is C18H24N4O5S. The monoisotopic (exact) mass is 408 g/mol. The number of nitro groups is 1. The summed E-state index contributed by atoms with van der Waals surface area (Å²) in [4.78, 5) is 29.6. The topological polar surface area (TPSA) is 118 Å². The van der Waals surface area contributed by atoms with Gasteiger partial charge >= 0.3 is 6.09 Å². The molecular weight excluding hydrogens is 384 g/mol. The number of aromatic nitrogens is 1. The Kier molecular flexibility index (Phi) is 5.44. The van der Waals surface area contributed by atoms with Gasteiger partial charge in [-0.1, -0.05) is 0 Å². The van der Waals surface area contributed by atoms with E-state index in [0.717, 1.165) is 9.71 Å². The molecule has 0 saturated carbocycles. The van der Waals surface area contributed by atoms with Crippen LogP contribution in [0, 0.1) is 17.0 Å². The van der Waals surface area contributed by atoms with E-state index in [0.29, 0.717) is 24.2 Å². The highest BCUT2D eigenvalue weighted by molar-refractivity contribution is 7.18. The number of nitrogens with one attached hydrogen (secondary N) is 1. The predicted octanol–water partition coefficient (Wildman–Crippen LogP) is 2.98. The summed E-state index contributed by atoms with van der Waals surface area (Å²) in [6, 6.07) is 2.49. The molecule has 3 rings (SSSR count). The molecule has 2 N–H and O–H groups in total. The minimum absolute atomic E-state index is 0.0610. The third-order valence-corrected chi connectivity index (χ3v) is 5.39. The maximum atomic E-state index is 12.1. The lowest BCUT2D eigenvalue weighted by molar-refractivity contribution is -0.384. The molecule has 2 aromatic rings. The molecule has 1 amide bonds. The fourth-order valence-corrected chi connectivity index (χ4v) is 4.28. The zero-order valence-corrected chi connectivity index (χ0v) is 17.1. The van der Waals surface area contributed by atoms with Gasteiger partial charge in [0.2, 0.25) is 0 Å². The van der Waals surface area contributed by atoms with Gasteiger partial charge in [-0.05, 0) is 40.2 Å². The molecule has 1 aliphatic rings. The number of aliphatic hydroxyl groups is 1. The predicted molar refractivity (Wildman–Crippen MR) is 107 cm³/mol. The fourth-order valence-electron chi connectivity index (χ4n) is 3.45. The molecule has 1 fully saturated rings. The average molecular weight is 408 g/mol. The Balaban J connectivity index is 1.93. The third kappa shape index (κ3) is 4.17. The van der Waals surface area contributed by atoms with Crippen LogP contribution in [0.4, 0.5) is 16.2 Å². The van der Waals surface area contributed by atoms with E-state index in [-0.39, 0.29) is 24.4 Å². The highest BCUT2D eigenvalue weighted by Gasteiger charge is 2.38. The van der Waals surface area contributed by atoms with Crippen LogP contribution in [0.3, 0.4) is 0 Å². The van der Waals surface area contributed by atoms with E-state index in [4.69, 9.17) is 4.74 Å². The van der Waals surface area contributed by atoms with Crippen LogP contribution >= 0.6 is 11.3 Å². The smallest absolute Gasteiger partial charge is 0.407 e. The summed E-state index contributed by atoms with van der Waals surface area (Å²) in [7, 11) is 0. The summed E-state index contributed by atoms with van der Waals surface area (Å²) in [5.41, 5.74) is 0.253. The first-order chi connectivity index (χ1) is 13.1. The zero-order valence-electron chi connectivity index (χ0n) is 16.3. The van der Waals surface area contributed by atoms with Gasteiger partial charge < -0.3 is 20.1 Å². The van der Waals surface area contributed by atoms with Crippen molar-refractivity contribution in [2.24, 2.45) is 0 Å². The summed E-state index contributed by atoms with van der Waals surface area (Å²) in [6.07, 6.45) is -0.0971. The van der Waals surface area contributed by atoms with Crippen molar-refractivity contribution >= 4 is 39.0 Å². The molecule has 2 atom stereocenters. The first kappa shape index (κ1) is 20.3. The molecule has 0 aliphatic carbocycles. The lowest BCUT2D eigenvalue weighted by atomic mass is 10.1. The number of fused-ring (bicyclic) bond motifs is 1. The summed E-state index contributed by atoms with van der Waals surface area (Å²) in [6.45, 7) is 7.31. The van der Waals surface area contributed by atoms with Gasteiger partial charge in [0.15, 0.2) is 0 Å². The third-order valence-electron chi connectivity index (χ3n) is 4.45. The molecule has 0 radical (unpaired) electrons. The van der Waals surface area contributed by atoms with Gasteiger partial charge in [-0.2, -0.15) is 0 Å². The van der Waals surface area contributed by atoms with E-state index in [9.17, 15) is 20.0 Å². The second-order valence-electron chi connectivity index (χ2n) is 7.84. The van der Waals surface area contributed by atoms with E-state index in [2.05, 4.69) is 10.3 Å². The number of aryl methyl sites for hydroxylation is 1. The number of benzene rings is 1. The van der Waals surface area contributed by atoms with Crippen LogP contribution in [0.2, 0.25) is 0 Å². The summed E-state index contributed by atoms with van der Waals surface area (Å²) >= 11 is 1.46. The van der Waals surface area contributed by atoms with Crippen LogP contribution in [-0.4, -0.2) is 51.9 Å². The van der Waals surface area contributed by atoms with Gasteiger partial charge in [0, 0.05) is 12.6 Å². The van der Waals surface area contributed by atoms with Crippen molar-refractivity contribution in [3.05, 3.63) is 27.3 Å². The number of rotatable bonds is 4. The quantitative estimate of drug-likeness (QED) is 0.590. The van der Waals surface area contributed by atoms with Crippen molar-refractivity contribution in [1.82, 2.24) is 10.3 Å². The second-order valence-corrected chi connectivity index (χ2v) is 9.07. The fraction of sp³-hybridized carbons (Fsp3) is 0.556. The van der Waals surface area contributed by atoms with Gasteiger partial charge in [-0.3, -0.25) is 10.1 Å². The molecule has 10 heteroatoms. The average Bonchev–Trinajstić information content (AvgIpc) is 3.13. The van der Waals surface area contributed by atoms with Crippen LogP contribution in [0.5, 0.6) is 0 Å². The molecule has 1 aromatic carbocycles. The molecule has 1 saturated heterocycles. The van der Waals surface area contributed by atoms with Crippen molar-refractivity contribution < 1.29 is 19.6 Å². The summed E-state index contributed by atoms with van der Waals surface area (Å²) in [5, 5.41) is 25.1. The van der Waals surface area contributed by atoms with Gasteiger partial charge in [-0.15, -0.1) is 11.3 Å². The normalized spacial score (nSPS) is 19.8. The molecule has 152 valence electrons. The van der Waals surface area contributed by atoms with Gasteiger partial charge in [0.25, 0.3) is 5.69 Å². The Bertz CT molecular complexity index is 907. The van der Waals surface area contributed by atoms with Crippen LogP contribution in [0.1, 0.15) is 32.2 Å². The van der Waals surface area contributed by atoms with Crippen molar-refractivity contribution in [3.63, 3.8) is 0 Å². The first-order valence-electron chi connectivity index (χ1n) is 9.00. The minimum Gasteiger partial charge on any atom is -0.444 e. The van der Waals surface area contributed by atoms with Crippen molar-refractivity contribution in [3.8, 4) is 0 Å². The number of carbonyl (C=O) groups excluding carboxylic acids is 1. The highest BCUT2D eigenvalue weighted by atomic mass is 32.1. The van der Waals surface area contributed by atoms with Gasteiger partial charge in [0.05, 0.1) is 33.3 Å². The standard InChI is InChI=1S/C18H24N4O5S/c1-10-19-15-14(28-10)6-5-13(22(25)26)16(15)21-8-11(7-12(21)9-23)20-17(24)27-18(2,3)4/h5-6,11-12,23H,7-9H2,1-4H3,(H,20,24)/t11-,12+/m1/s1. The number of alkyl carbamates (subject to hydrolysis) is 1. The maximum absolute atomic E-state index is 12.1. The molecule has 0 unspecified atom stereocenters. The number of anilines is 1. The first-order valence-corrected chi connectivity index (χ1v) is 9.82. The van der Waals surface area contributed by atoms with Crippen molar-refractivity contribution in [2.75, 3.05) is 18.1 Å². The Morgan fingerprint density at radius 1 is 1.50 bits per heavy atom. The number of nitro benzene ring substituents is 1. The Hall–Kier alpha value is -2.46. The van der Waals surface area contributed by atoms with E-state index >= 15 is 0 Å². The zero-order chi connectivity index (χ0) is 20.6. The van der Waals surface area contributed by atoms with E-state index in [1.165, 1.54) is 17.4 Å². The SMILES string of the molecule is Cc1nc2c(N3C[C@H](NC(=O)OC(C)(C)C)C[C@H]3CO)c([N+](=O)[O-])ccc2s1. The van der Waals surface area contributed by atoms with Gasteiger partial charge in [0.1, 0.15) is 16.8 Å². The highest BCUT2D eigenvalue weighted by Crippen LogP contribution is 2.41. The lowest BCUT2D eigenvalue weighted by Gasteiger charge is -2.25. The van der Waals surface area contributed by atoms with Gasteiger partial charge in [-0.25, -0.2) is 9.78 Å². The van der Waals surface area contributed by atoms with Crippen LogP contribution in [0.15, 0.2) is 12.1 Å². The molecule has 28 heavy (non-hydrogen) atoms. The second kappa shape index (κ2) is 7.51. The van der Waals surface area contributed by atoms with Crippen molar-refractivity contribution in [2.45, 2.75) is 51.8 Å². The van der Waals surface area contributed by atoms with E-state index in [1.807, 2.05) is 6.92 Å². The Morgan fingerprint density at radius 3 is 2.82 bits per heavy atom. The van der Waals surface area contributed by atoms with Crippen LogP contribution < -0.4 is 10.2 Å². The maximum Gasteiger partial charge on any atom is 0.407 e. The van der Waals surface area contributed by atoms with Crippen LogP contribution in [0.25, 0.3) is 10.2 Å². The molecule has 2 heterocycles. The number of thiazole rings is 1. The van der Waals surface area contributed by atoms with E-state index < -0.39 is 16.6 Å². The van der Waals surface area contributed by atoms with Crippen LogP contribution in [-0.2, 0) is 4.74 Å². The molecule has 0 spiro atoms.